The van der Waals surface area contributed by atoms with Crippen LogP contribution in [0.25, 0.3) is 0 Å². The monoisotopic (exact) mass is 464 g/mol. The second-order valence-corrected chi connectivity index (χ2v) is 7.34. The number of hydrogen-bond acceptors (Lipinski definition) is 5. The topological polar surface area (TPSA) is 122 Å². The number of imide groups is 1. The Labute approximate surface area is 172 Å². The Balaban J connectivity index is 1.78. The molecule has 0 spiro atoms. The second-order valence-electron chi connectivity index (χ2n) is 6.43. The van der Waals surface area contributed by atoms with Crippen LogP contribution in [0, 0.1) is 15.9 Å². The zero-order chi connectivity index (χ0) is 21.3. The number of benzene rings is 2. The summed E-state index contributed by atoms with van der Waals surface area (Å²) < 4.78 is 14.5. The van der Waals surface area contributed by atoms with Crippen molar-refractivity contribution in [2.75, 3.05) is 11.9 Å². The van der Waals surface area contributed by atoms with Crippen LogP contribution in [-0.4, -0.2) is 34.2 Å². The van der Waals surface area contributed by atoms with Gasteiger partial charge in [0.15, 0.2) is 0 Å². The maximum atomic E-state index is 13.8. The van der Waals surface area contributed by atoms with Gasteiger partial charge in [0.2, 0.25) is 5.91 Å². The summed E-state index contributed by atoms with van der Waals surface area (Å²) in [6.07, 6.45) is 0. The number of nitro groups is 1. The predicted octanol–water partition coefficient (Wildman–Crippen LogP) is 2.90. The van der Waals surface area contributed by atoms with Gasteiger partial charge in [-0.25, -0.2) is 9.18 Å². The first-order valence-electron chi connectivity index (χ1n) is 8.26. The van der Waals surface area contributed by atoms with Crippen LogP contribution in [0.3, 0.4) is 0 Å². The van der Waals surface area contributed by atoms with Crippen molar-refractivity contribution in [2.24, 2.45) is 0 Å². The minimum Gasteiger partial charge on any atom is -0.322 e. The molecule has 0 radical (unpaired) electrons. The molecule has 0 aromatic heterocycles. The van der Waals surface area contributed by atoms with Crippen molar-refractivity contribution in [2.45, 2.75) is 12.5 Å². The molecule has 1 atom stereocenters. The molecule has 0 aliphatic carbocycles. The number of halogens is 2. The molecule has 150 valence electrons. The maximum Gasteiger partial charge on any atom is 0.325 e. The first-order chi connectivity index (χ1) is 13.6. The molecule has 1 unspecified atom stereocenters. The fourth-order valence-electron chi connectivity index (χ4n) is 2.89. The average Bonchev–Trinajstić information content (AvgIpc) is 2.87. The van der Waals surface area contributed by atoms with E-state index in [1.807, 2.05) is 0 Å². The maximum absolute atomic E-state index is 13.8. The molecule has 0 bridgehead atoms. The molecular formula is C18H14BrFN4O5. The number of carbonyl (C=O) groups is 3. The quantitative estimate of drug-likeness (QED) is 0.400. The summed E-state index contributed by atoms with van der Waals surface area (Å²) in [5.74, 6) is -2.43. The lowest BCUT2D eigenvalue weighted by Crippen LogP contribution is -2.42. The molecule has 1 fully saturated rings. The number of urea groups is 1. The number of non-ortho nitro benzene ring substituents is 1. The number of anilines is 1. The van der Waals surface area contributed by atoms with Gasteiger partial charge in [-0.3, -0.25) is 24.6 Å². The van der Waals surface area contributed by atoms with E-state index in [4.69, 9.17) is 0 Å². The van der Waals surface area contributed by atoms with Crippen LogP contribution in [0.5, 0.6) is 0 Å². The van der Waals surface area contributed by atoms with Crippen molar-refractivity contribution >= 4 is 45.2 Å². The molecule has 29 heavy (non-hydrogen) atoms. The molecule has 0 saturated carbocycles. The van der Waals surface area contributed by atoms with Crippen LogP contribution < -0.4 is 10.6 Å². The summed E-state index contributed by atoms with van der Waals surface area (Å²) >= 11 is 3.30. The van der Waals surface area contributed by atoms with Gasteiger partial charge in [0.05, 0.1) is 10.6 Å². The highest BCUT2D eigenvalue weighted by Crippen LogP contribution is 2.30. The summed E-state index contributed by atoms with van der Waals surface area (Å²) in [7, 11) is 0. The Hall–Kier alpha value is -3.34. The van der Waals surface area contributed by atoms with E-state index in [0.29, 0.717) is 14.9 Å². The van der Waals surface area contributed by atoms with Crippen LogP contribution in [-0.2, 0) is 15.1 Å². The molecule has 4 amide bonds. The summed E-state index contributed by atoms with van der Waals surface area (Å²) in [5, 5.41) is 15.5. The lowest BCUT2D eigenvalue weighted by atomic mass is 9.92. The third-order valence-electron chi connectivity index (χ3n) is 4.41. The van der Waals surface area contributed by atoms with E-state index in [0.717, 1.165) is 18.2 Å². The van der Waals surface area contributed by atoms with Crippen LogP contribution in [0.4, 0.5) is 20.6 Å². The summed E-state index contributed by atoms with van der Waals surface area (Å²) in [6.45, 7) is 0.823. The predicted molar refractivity (Wildman–Crippen MR) is 103 cm³/mol. The lowest BCUT2D eigenvalue weighted by Gasteiger charge is -2.22. The van der Waals surface area contributed by atoms with Gasteiger partial charge in [-0.05, 0) is 30.7 Å². The number of nitrogens with one attached hydrogen (secondary N) is 2. The lowest BCUT2D eigenvalue weighted by molar-refractivity contribution is -0.384. The number of nitrogens with zero attached hydrogens (tertiary/aromatic N) is 2. The van der Waals surface area contributed by atoms with Crippen molar-refractivity contribution in [3.8, 4) is 0 Å². The van der Waals surface area contributed by atoms with E-state index in [9.17, 15) is 28.9 Å². The van der Waals surface area contributed by atoms with E-state index in [-0.39, 0.29) is 0 Å². The Bertz CT molecular complexity index is 1050. The Morgan fingerprint density at radius 2 is 2.03 bits per heavy atom. The van der Waals surface area contributed by atoms with Gasteiger partial charge in [0.25, 0.3) is 11.6 Å². The number of nitro benzene ring substituents is 1. The standard InChI is InChI=1S/C18H14BrFN4O5/c1-18(10-3-2-4-11(19)7-10)16(26)23(17(27)22-18)9-15(25)21-14-8-12(24(28)29)5-6-13(14)20/h2-8H,9H2,1H3,(H,21,25)(H,22,27). The third kappa shape index (κ3) is 3.94. The molecular weight excluding hydrogens is 451 g/mol. The molecule has 2 N–H and O–H groups in total. The van der Waals surface area contributed by atoms with Crippen molar-refractivity contribution in [1.29, 1.82) is 0 Å². The van der Waals surface area contributed by atoms with Crippen LogP contribution in [0.15, 0.2) is 46.9 Å². The van der Waals surface area contributed by atoms with Crippen LogP contribution in [0.2, 0.25) is 0 Å². The highest BCUT2D eigenvalue weighted by atomic mass is 79.9. The fraction of sp³-hybridized carbons (Fsp3) is 0.167. The molecule has 2 aromatic carbocycles. The summed E-state index contributed by atoms with van der Waals surface area (Å²) in [5.41, 5.74) is -1.71. The van der Waals surface area contributed by atoms with E-state index in [1.54, 1.807) is 24.3 Å². The van der Waals surface area contributed by atoms with Crippen molar-refractivity contribution in [3.63, 3.8) is 0 Å². The van der Waals surface area contributed by atoms with E-state index in [1.165, 1.54) is 6.92 Å². The van der Waals surface area contributed by atoms with Gasteiger partial charge in [-0.15, -0.1) is 0 Å². The zero-order valence-electron chi connectivity index (χ0n) is 14.9. The first kappa shape index (κ1) is 20.4. The summed E-state index contributed by atoms with van der Waals surface area (Å²) in [6, 6.07) is 8.64. The Morgan fingerprint density at radius 1 is 1.31 bits per heavy atom. The minimum absolute atomic E-state index is 0.418. The zero-order valence-corrected chi connectivity index (χ0v) is 16.5. The molecule has 9 nitrogen and oxygen atoms in total. The molecule has 1 aliphatic rings. The second kappa shape index (κ2) is 7.59. The first-order valence-corrected chi connectivity index (χ1v) is 9.05. The SMILES string of the molecule is CC1(c2cccc(Br)c2)NC(=O)N(CC(=O)Nc2cc([N+](=O)[O-])ccc2F)C1=O. The van der Waals surface area contributed by atoms with Crippen molar-refractivity contribution in [1.82, 2.24) is 10.2 Å². The minimum atomic E-state index is -1.38. The normalized spacial score (nSPS) is 18.5. The van der Waals surface area contributed by atoms with E-state index < -0.39 is 52.0 Å². The smallest absolute Gasteiger partial charge is 0.322 e. The molecule has 11 heteroatoms. The van der Waals surface area contributed by atoms with Gasteiger partial charge >= 0.3 is 6.03 Å². The van der Waals surface area contributed by atoms with Crippen LogP contribution in [0.1, 0.15) is 12.5 Å². The van der Waals surface area contributed by atoms with Crippen molar-refractivity contribution < 1.29 is 23.7 Å². The van der Waals surface area contributed by atoms with Gasteiger partial charge in [0.1, 0.15) is 17.9 Å². The highest BCUT2D eigenvalue weighted by molar-refractivity contribution is 9.10. The van der Waals surface area contributed by atoms with Gasteiger partial charge < -0.3 is 10.6 Å². The molecule has 3 rings (SSSR count). The van der Waals surface area contributed by atoms with E-state index in [2.05, 4.69) is 26.6 Å². The third-order valence-corrected chi connectivity index (χ3v) is 4.91. The molecule has 1 aliphatic heterocycles. The van der Waals surface area contributed by atoms with Crippen LogP contribution >= 0.6 is 15.9 Å². The molecule has 1 saturated heterocycles. The van der Waals surface area contributed by atoms with E-state index >= 15 is 0 Å². The summed E-state index contributed by atoms with van der Waals surface area (Å²) in [4.78, 5) is 48.2. The van der Waals surface area contributed by atoms with Gasteiger partial charge in [-0.1, -0.05) is 28.1 Å². The number of rotatable bonds is 5. The largest absolute Gasteiger partial charge is 0.325 e. The fourth-order valence-corrected chi connectivity index (χ4v) is 3.29. The number of hydrogen-bond donors (Lipinski definition) is 2. The Kier molecular flexibility index (Phi) is 5.33. The molecule has 1 heterocycles. The Morgan fingerprint density at radius 3 is 2.69 bits per heavy atom. The highest BCUT2D eigenvalue weighted by Gasteiger charge is 2.49. The number of amides is 4. The average molecular weight is 465 g/mol. The van der Waals surface area contributed by atoms with Gasteiger partial charge in [0, 0.05) is 16.6 Å². The van der Waals surface area contributed by atoms with Gasteiger partial charge in [-0.2, -0.15) is 0 Å². The number of carbonyl (C=O) groups excluding carboxylic acids is 3. The molecule has 2 aromatic rings. The van der Waals surface area contributed by atoms with Crippen molar-refractivity contribution in [3.05, 3.63) is 68.4 Å².